The van der Waals surface area contributed by atoms with Gasteiger partial charge in [-0.1, -0.05) is 31.5 Å². The van der Waals surface area contributed by atoms with E-state index in [9.17, 15) is 10.1 Å². The van der Waals surface area contributed by atoms with Crippen molar-refractivity contribution in [2.45, 2.75) is 43.9 Å². The van der Waals surface area contributed by atoms with Crippen LogP contribution in [0.3, 0.4) is 0 Å². The number of nitriles is 1. The van der Waals surface area contributed by atoms with Gasteiger partial charge in [0.15, 0.2) is 0 Å². The first kappa shape index (κ1) is 17.0. The number of rotatable bonds is 2. The number of amides is 2. The second-order valence-electron chi connectivity index (χ2n) is 6.24. The first-order valence-electron chi connectivity index (χ1n) is 7.18. The summed E-state index contributed by atoms with van der Waals surface area (Å²) in [7, 11) is 0. The number of hydrogen-bond donors (Lipinski definition) is 1. The summed E-state index contributed by atoms with van der Waals surface area (Å²) in [5.41, 5.74) is 0.631. The number of urea groups is 1. The minimum Gasteiger partial charge on any atom is -0.308 e. The molecule has 0 aliphatic carbocycles. The van der Waals surface area contributed by atoms with E-state index in [-0.39, 0.29) is 22.1 Å². The number of hydrogen-bond acceptors (Lipinski definition) is 3. The summed E-state index contributed by atoms with van der Waals surface area (Å²) in [6.45, 7) is 8.14. The molecule has 2 unspecified atom stereocenters. The Balaban J connectivity index is 2.27. The third-order valence-electron chi connectivity index (χ3n) is 3.64. The SMILES string of the molecule is CC(C)C1SC(C)(C)C(C#N)N1C(=O)Nc1cccc(Cl)c1. The molecule has 6 heteroatoms. The average molecular weight is 338 g/mol. The third-order valence-corrected chi connectivity index (χ3v) is 5.72. The lowest BCUT2D eigenvalue weighted by Gasteiger charge is -2.29. The highest BCUT2D eigenvalue weighted by atomic mass is 35.5. The van der Waals surface area contributed by atoms with Gasteiger partial charge in [-0.3, -0.25) is 4.90 Å². The summed E-state index contributed by atoms with van der Waals surface area (Å²) >= 11 is 7.62. The summed E-state index contributed by atoms with van der Waals surface area (Å²) < 4.78 is -0.296. The second-order valence-corrected chi connectivity index (χ2v) is 8.44. The Morgan fingerprint density at radius 1 is 1.50 bits per heavy atom. The molecule has 1 aliphatic heterocycles. The molecule has 1 N–H and O–H groups in total. The zero-order valence-corrected chi connectivity index (χ0v) is 14.7. The molecule has 0 spiro atoms. The summed E-state index contributed by atoms with van der Waals surface area (Å²) in [4.78, 5) is 14.4. The molecule has 0 aromatic heterocycles. The highest BCUT2D eigenvalue weighted by molar-refractivity contribution is 8.01. The second kappa shape index (κ2) is 6.39. The Morgan fingerprint density at radius 3 is 2.73 bits per heavy atom. The van der Waals surface area contributed by atoms with Crippen LogP contribution < -0.4 is 5.32 Å². The van der Waals surface area contributed by atoms with E-state index in [1.807, 2.05) is 13.8 Å². The predicted octanol–water partition coefficient (Wildman–Crippen LogP) is 4.57. The fourth-order valence-electron chi connectivity index (χ4n) is 2.58. The molecule has 22 heavy (non-hydrogen) atoms. The van der Waals surface area contributed by atoms with Crippen molar-refractivity contribution in [3.05, 3.63) is 29.3 Å². The largest absolute Gasteiger partial charge is 0.323 e. The van der Waals surface area contributed by atoms with Crippen LogP contribution in [0, 0.1) is 17.2 Å². The molecule has 4 nitrogen and oxygen atoms in total. The summed E-state index contributed by atoms with van der Waals surface area (Å²) in [6.07, 6.45) is 0. The summed E-state index contributed by atoms with van der Waals surface area (Å²) in [6, 6.07) is 8.57. The van der Waals surface area contributed by atoms with Crippen molar-refractivity contribution in [1.29, 1.82) is 5.26 Å². The van der Waals surface area contributed by atoms with E-state index in [2.05, 4.69) is 25.2 Å². The molecule has 1 fully saturated rings. The molecular formula is C16H20ClN3OS. The highest BCUT2D eigenvalue weighted by Gasteiger charge is 2.50. The standard InChI is InChI=1S/C16H20ClN3OS/c1-10(2)14-20(13(9-18)16(3,4)22-14)15(21)19-12-7-5-6-11(17)8-12/h5-8,10,13-14H,1-4H3,(H,19,21). The molecule has 1 heterocycles. The Hall–Kier alpha value is -1.38. The van der Waals surface area contributed by atoms with E-state index in [4.69, 9.17) is 11.6 Å². The topological polar surface area (TPSA) is 56.1 Å². The van der Waals surface area contributed by atoms with Gasteiger partial charge in [-0.15, -0.1) is 11.8 Å². The molecular weight excluding hydrogens is 318 g/mol. The monoisotopic (exact) mass is 337 g/mol. The lowest BCUT2D eigenvalue weighted by molar-refractivity contribution is 0.184. The Kier molecular flexibility index (Phi) is 4.93. The maximum absolute atomic E-state index is 12.7. The van der Waals surface area contributed by atoms with E-state index in [1.54, 1.807) is 40.9 Å². The Labute approximate surface area is 140 Å². The van der Waals surface area contributed by atoms with Gasteiger partial charge in [-0.2, -0.15) is 5.26 Å². The quantitative estimate of drug-likeness (QED) is 0.859. The van der Waals surface area contributed by atoms with Crippen molar-refractivity contribution in [2.75, 3.05) is 5.32 Å². The molecule has 1 aliphatic rings. The lowest BCUT2D eigenvalue weighted by atomic mass is 10.0. The van der Waals surface area contributed by atoms with Crippen molar-refractivity contribution in [1.82, 2.24) is 4.90 Å². The fraction of sp³-hybridized carbons (Fsp3) is 0.500. The maximum Gasteiger partial charge on any atom is 0.323 e. The number of nitrogens with one attached hydrogen (secondary N) is 1. The van der Waals surface area contributed by atoms with Gasteiger partial charge < -0.3 is 5.32 Å². The number of halogens is 1. The average Bonchev–Trinajstić information content (AvgIpc) is 2.69. The summed E-state index contributed by atoms with van der Waals surface area (Å²) in [5, 5.41) is 12.9. The number of anilines is 1. The van der Waals surface area contributed by atoms with Crippen LogP contribution in [0.4, 0.5) is 10.5 Å². The predicted molar refractivity (Wildman–Crippen MR) is 92.0 cm³/mol. The molecule has 1 aromatic rings. The van der Waals surface area contributed by atoms with E-state index in [0.717, 1.165) is 0 Å². The number of nitrogens with zero attached hydrogens (tertiary/aromatic N) is 2. The third kappa shape index (κ3) is 3.34. The number of carbonyl (C=O) groups is 1. The van der Waals surface area contributed by atoms with Gasteiger partial charge >= 0.3 is 6.03 Å². The van der Waals surface area contributed by atoms with Crippen molar-refractivity contribution >= 4 is 35.1 Å². The van der Waals surface area contributed by atoms with Gasteiger partial charge in [0.05, 0.1) is 11.4 Å². The molecule has 2 amide bonds. The van der Waals surface area contributed by atoms with Crippen molar-refractivity contribution in [3.63, 3.8) is 0 Å². The van der Waals surface area contributed by atoms with Crippen LogP contribution in [0.5, 0.6) is 0 Å². The van der Waals surface area contributed by atoms with Gasteiger partial charge in [-0.25, -0.2) is 4.79 Å². The van der Waals surface area contributed by atoms with Gasteiger partial charge in [0.1, 0.15) is 6.04 Å². The Morgan fingerprint density at radius 2 is 2.18 bits per heavy atom. The van der Waals surface area contributed by atoms with Crippen LogP contribution in [0.2, 0.25) is 5.02 Å². The van der Waals surface area contributed by atoms with Crippen LogP contribution >= 0.6 is 23.4 Å². The van der Waals surface area contributed by atoms with Gasteiger partial charge in [0.25, 0.3) is 0 Å². The molecule has 118 valence electrons. The van der Waals surface area contributed by atoms with E-state index in [0.29, 0.717) is 10.7 Å². The minimum atomic E-state index is -0.468. The van der Waals surface area contributed by atoms with Crippen LogP contribution in [0.1, 0.15) is 27.7 Å². The van der Waals surface area contributed by atoms with E-state index in [1.165, 1.54) is 0 Å². The fourth-order valence-corrected chi connectivity index (χ4v) is 4.29. The molecule has 2 rings (SSSR count). The highest BCUT2D eigenvalue weighted by Crippen LogP contribution is 2.46. The van der Waals surface area contributed by atoms with Crippen LogP contribution in [-0.4, -0.2) is 27.1 Å². The Bertz CT molecular complexity index is 612. The molecule has 2 atom stereocenters. The smallest absolute Gasteiger partial charge is 0.308 e. The van der Waals surface area contributed by atoms with Crippen LogP contribution in [-0.2, 0) is 0 Å². The van der Waals surface area contributed by atoms with Crippen LogP contribution in [0.15, 0.2) is 24.3 Å². The zero-order chi connectivity index (χ0) is 16.5. The summed E-state index contributed by atoms with van der Waals surface area (Å²) in [5.74, 6) is 0.257. The van der Waals surface area contributed by atoms with Crippen molar-refractivity contribution in [2.24, 2.45) is 5.92 Å². The van der Waals surface area contributed by atoms with E-state index >= 15 is 0 Å². The molecule has 0 bridgehead atoms. The molecule has 1 aromatic carbocycles. The lowest BCUT2D eigenvalue weighted by Crippen LogP contribution is -2.48. The zero-order valence-electron chi connectivity index (χ0n) is 13.1. The number of thioether (sulfide) groups is 1. The van der Waals surface area contributed by atoms with Crippen LogP contribution in [0.25, 0.3) is 0 Å². The normalized spacial score (nSPS) is 23.4. The molecule has 1 saturated heterocycles. The maximum atomic E-state index is 12.7. The molecule has 0 saturated carbocycles. The van der Waals surface area contributed by atoms with Gasteiger partial charge in [0.2, 0.25) is 0 Å². The van der Waals surface area contributed by atoms with Crippen molar-refractivity contribution < 1.29 is 4.79 Å². The first-order valence-corrected chi connectivity index (χ1v) is 8.44. The molecule has 0 radical (unpaired) electrons. The number of benzene rings is 1. The van der Waals surface area contributed by atoms with Gasteiger partial charge in [0, 0.05) is 15.5 Å². The first-order chi connectivity index (χ1) is 10.3. The van der Waals surface area contributed by atoms with Gasteiger partial charge in [-0.05, 0) is 38.0 Å². The number of carbonyl (C=O) groups excluding carboxylic acids is 1. The minimum absolute atomic E-state index is 0.0289. The van der Waals surface area contributed by atoms with Crippen molar-refractivity contribution in [3.8, 4) is 6.07 Å². The van der Waals surface area contributed by atoms with E-state index < -0.39 is 6.04 Å².